The molecule has 1 atom stereocenters. The van der Waals surface area contributed by atoms with Gasteiger partial charge in [0.2, 0.25) is 0 Å². The van der Waals surface area contributed by atoms with Gasteiger partial charge in [0.15, 0.2) is 0 Å². The summed E-state index contributed by atoms with van der Waals surface area (Å²) in [4.78, 5) is 1.47. The van der Waals surface area contributed by atoms with E-state index in [2.05, 4.69) is 59.9 Å². The molecule has 0 bridgehead atoms. The van der Waals surface area contributed by atoms with Crippen LogP contribution in [0.1, 0.15) is 15.3 Å². The molecule has 2 aromatic rings. The first-order valence-corrected chi connectivity index (χ1v) is 8.12. The summed E-state index contributed by atoms with van der Waals surface area (Å²) < 4.78 is 2.06. The first-order chi connectivity index (χ1) is 7.58. The highest BCUT2D eigenvalue weighted by Crippen LogP contribution is 2.38. The van der Waals surface area contributed by atoms with E-state index in [1.807, 2.05) is 18.2 Å². The van der Waals surface area contributed by atoms with Crippen LogP contribution in [0.25, 0.3) is 0 Å². The average molecular weight is 445 g/mol. The minimum absolute atomic E-state index is 0.206. The Kier molecular flexibility index (Phi) is 4.52. The predicted molar refractivity (Wildman–Crippen MR) is 81.9 cm³/mol. The fraction of sp³-hybridized carbons (Fsp3) is 0.0909. The molecule has 0 saturated carbocycles. The van der Waals surface area contributed by atoms with Crippen molar-refractivity contribution in [3.8, 4) is 0 Å². The third-order valence-electron chi connectivity index (χ3n) is 2.08. The van der Waals surface area contributed by atoms with Gasteiger partial charge in [-0.2, -0.15) is 0 Å². The molecule has 0 fully saturated rings. The third kappa shape index (κ3) is 2.91. The van der Waals surface area contributed by atoms with Gasteiger partial charge in [0, 0.05) is 9.35 Å². The molecule has 16 heavy (non-hydrogen) atoms. The molecule has 0 aliphatic carbocycles. The Balaban J connectivity index is 2.33. The molecule has 0 nitrogen and oxygen atoms in total. The zero-order valence-electron chi connectivity index (χ0n) is 7.88. The van der Waals surface area contributed by atoms with E-state index >= 15 is 0 Å². The number of hydrogen-bond acceptors (Lipinski definition) is 1. The molecule has 0 radical (unpaired) electrons. The number of benzene rings is 1. The summed E-state index contributed by atoms with van der Waals surface area (Å²) >= 11 is 18.3. The lowest BCUT2D eigenvalue weighted by atomic mass is 10.1. The number of rotatable bonds is 2. The summed E-state index contributed by atoms with van der Waals surface area (Å²) in [6, 6.07) is 10.1. The molecule has 1 unspecified atom stereocenters. The van der Waals surface area contributed by atoms with Gasteiger partial charge in [0.1, 0.15) is 0 Å². The zero-order valence-corrected chi connectivity index (χ0v) is 14.2. The number of halogens is 4. The van der Waals surface area contributed by atoms with Crippen molar-refractivity contribution in [3.05, 3.63) is 54.1 Å². The molecule has 0 aliphatic heterocycles. The van der Waals surface area contributed by atoms with Gasteiger partial charge in [-0.25, -0.2) is 0 Å². The molecule has 1 aromatic carbocycles. The van der Waals surface area contributed by atoms with Gasteiger partial charge in [-0.05, 0) is 61.7 Å². The van der Waals surface area contributed by atoms with Crippen LogP contribution in [0.2, 0.25) is 5.02 Å². The lowest BCUT2D eigenvalue weighted by molar-refractivity contribution is 1.22. The van der Waals surface area contributed by atoms with E-state index in [1.54, 1.807) is 11.3 Å². The highest BCUT2D eigenvalue weighted by Gasteiger charge is 2.13. The maximum Gasteiger partial charge on any atom is 0.0738 e. The van der Waals surface area contributed by atoms with Gasteiger partial charge in [-0.3, -0.25) is 0 Å². The van der Waals surface area contributed by atoms with Gasteiger partial charge in [-0.15, -0.1) is 11.3 Å². The molecule has 84 valence electrons. The van der Waals surface area contributed by atoms with Gasteiger partial charge in [0.05, 0.1) is 13.6 Å². The van der Waals surface area contributed by atoms with E-state index in [4.69, 9.17) is 11.6 Å². The van der Waals surface area contributed by atoms with Crippen molar-refractivity contribution < 1.29 is 0 Å². The van der Waals surface area contributed by atoms with E-state index < -0.39 is 0 Å². The van der Waals surface area contributed by atoms with Crippen molar-refractivity contribution in [2.45, 2.75) is 4.83 Å². The molecular formula is C11H6Br3ClS. The Labute approximate surface area is 128 Å². The van der Waals surface area contributed by atoms with Crippen LogP contribution in [0.5, 0.6) is 0 Å². The van der Waals surface area contributed by atoms with Crippen molar-refractivity contribution >= 4 is 70.7 Å². The summed E-state index contributed by atoms with van der Waals surface area (Å²) in [6.45, 7) is 0. The Morgan fingerprint density at radius 1 is 1.12 bits per heavy atom. The fourth-order valence-electron chi connectivity index (χ4n) is 1.30. The fourth-order valence-corrected chi connectivity index (χ4v) is 3.96. The van der Waals surface area contributed by atoms with Crippen LogP contribution in [0.3, 0.4) is 0 Å². The molecule has 0 N–H and O–H groups in total. The molecule has 1 aromatic heterocycles. The Morgan fingerprint density at radius 2 is 1.88 bits per heavy atom. The van der Waals surface area contributed by atoms with Crippen LogP contribution in [-0.4, -0.2) is 0 Å². The van der Waals surface area contributed by atoms with Crippen LogP contribution in [0.15, 0.2) is 38.6 Å². The Hall–Kier alpha value is 0.650. The molecular weight excluding hydrogens is 439 g/mol. The SMILES string of the molecule is Clc1ccc(C(Br)c2ccc(Br)s2)cc1Br. The van der Waals surface area contributed by atoms with Crippen LogP contribution in [0, 0.1) is 0 Å². The molecule has 0 saturated heterocycles. The van der Waals surface area contributed by atoms with Crippen molar-refractivity contribution in [2.24, 2.45) is 0 Å². The number of hydrogen-bond donors (Lipinski definition) is 0. The lowest BCUT2D eigenvalue weighted by Gasteiger charge is -2.09. The quantitative estimate of drug-likeness (QED) is 0.469. The van der Waals surface area contributed by atoms with E-state index in [9.17, 15) is 0 Å². The van der Waals surface area contributed by atoms with E-state index in [0.717, 1.165) is 13.3 Å². The second-order valence-electron chi connectivity index (χ2n) is 3.18. The lowest BCUT2D eigenvalue weighted by Crippen LogP contribution is -1.89. The summed E-state index contributed by atoms with van der Waals surface area (Å²) in [5.74, 6) is 0. The van der Waals surface area contributed by atoms with Crippen molar-refractivity contribution in [2.75, 3.05) is 0 Å². The van der Waals surface area contributed by atoms with Crippen molar-refractivity contribution in [1.29, 1.82) is 0 Å². The second kappa shape index (κ2) is 5.53. The highest BCUT2D eigenvalue weighted by molar-refractivity contribution is 9.11. The summed E-state index contributed by atoms with van der Waals surface area (Å²) in [5, 5.41) is 0.732. The highest BCUT2D eigenvalue weighted by atomic mass is 79.9. The topological polar surface area (TPSA) is 0 Å². The first kappa shape index (κ1) is 13.1. The van der Waals surface area contributed by atoms with Gasteiger partial charge < -0.3 is 0 Å². The molecule has 1 heterocycles. The Morgan fingerprint density at radius 3 is 2.44 bits per heavy atom. The van der Waals surface area contributed by atoms with Gasteiger partial charge in [0.25, 0.3) is 0 Å². The smallest absolute Gasteiger partial charge is 0.0738 e. The van der Waals surface area contributed by atoms with Crippen LogP contribution in [0.4, 0.5) is 0 Å². The van der Waals surface area contributed by atoms with E-state index in [0.29, 0.717) is 0 Å². The molecule has 0 spiro atoms. The van der Waals surface area contributed by atoms with Crippen LogP contribution in [-0.2, 0) is 0 Å². The number of alkyl halides is 1. The summed E-state index contributed by atoms with van der Waals surface area (Å²) in [7, 11) is 0. The monoisotopic (exact) mass is 442 g/mol. The summed E-state index contributed by atoms with van der Waals surface area (Å²) in [6.07, 6.45) is 0. The van der Waals surface area contributed by atoms with E-state index in [-0.39, 0.29) is 4.83 Å². The minimum atomic E-state index is 0.206. The molecule has 0 amide bonds. The summed E-state index contributed by atoms with van der Waals surface area (Å²) in [5.41, 5.74) is 1.19. The van der Waals surface area contributed by atoms with Crippen molar-refractivity contribution in [3.63, 3.8) is 0 Å². The molecule has 2 rings (SSSR count). The predicted octanol–water partition coefficient (Wildman–Crippen LogP) is 6.41. The molecule has 5 heteroatoms. The third-order valence-corrected chi connectivity index (χ3v) is 6.31. The minimum Gasteiger partial charge on any atom is -0.132 e. The van der Waals surface area contributed by atoms with Crippen molar-refractivity contribution in [1.82, 2.24) is 0 Å². The molecule has 0 aliphatic rings. The van der Waals surface area contributed by atoms with Gasteiger partial charge in [-0.1, -0.05) is 33.6 Å². The van der Waals surface area contributed by atoms with Gasteiger partial charge >= 0.3 is 0 Å². The standard InChI is InChI=1S/C11H6Br3ClS/c12-7-5-6(1-2-8(7)15)11(14)9-3-4-10(13)16-9/h1-5,11H. The zero-order chi connectivity index (χ0) is 11.7. The van der Waals surface area contributed by atoms with Crippen LogP contribution >= 0.6 is 70.7 Å². The maximum absolute atomic E-state index is 5.97. The maximum atomic E-state index is 5.97. The van der Waals surface area contributed by atoms with Crippen LogP contribution < -0.4 is 0 Å². The van der Waals surface area contributed by atoms with E-state index in [1.165, 1.54) is 10.4 Å². The average Bonchev–Trinajstić information content (AvgIpc) is 2.68. The normalized spacial score (nSPS) is 12.8. The second-order valence-corrected chi connectivity index (χ2v) is 7.85. The largest absolute Gasteiger partial charge is 0.132 e. The first-order valence-electron chi connectivity index (χ1n) is 4.42. The Bertz CT molecular complexity index is 510. The number of thiophene rings is 1.